The lowest BCUT2D eigenvalue weighted by Gasteiger charge is -2.45. The van der Waals surface area contributed by atoms with Gasteiger partial charge in [-0.1, -0.05) is 0 Å². The molecule has 0 unspecified atom stereocenters. The Morgan fingerprint density at radius 2 is 2.26 bits per heavy atom. The molecule has 6 nitrogen and oxygen atoms in total. The van der Waals surface area contributed by atoms with Crippen LogP contribution in [0.4, 0.5) is 0 Å². The molecule has 2 atom stereocenters. The molecule has 0 bridgehead atoms. The fourth-order valence-corrected chi connectivity index (χ4v) is 2.92. The van der Waals surface area contributed by atoms with E-state index >= 15 is 0 Å². The molecule has 2 saturated heterocycles. The molecule has 0 aliphatic carbocycles. The number of likely N-dealkylation sites (N-methyl/N-ethyl adjacent to an activating group) is 1. The third-order valence-corrected chi connectivity index (χ3v) is 4.08. The quantitative estimate of drug-likeness (QED) is 0.714. The number of morpholine rings is 1. The summed E-state index contributed by atoms with van der Waals surface area (Å²) in [6, 6.07) is 2.09. The molecule has 0 radical (unpaired) electrons. The van der Waals surface area contributed by atoms with Crippen molar-refractivity contribution >= 4 is 5.91 Å². The van der Waals surface area contributed by atoms with Gasteiger partial charge in [-0.3, -0.25) is 14.4 Å². The Morgan fingerprint density at radius 3 is 3.00 bits per heavy atom. The Balaban J connectivity index is 1.71. The first-order valence-electron chi connectivity index (χ1n) is 6.76. The largest absolute Gasteiger partial charge is 0.375 e. The maximum Gasteiger partial charge on any atom is 0.274 e. The van der Waals surface area contributed by atoms with Crippen LogP contribution in [-0.2, 0) is 11.8 Å². The number of piperidine rings is 1. The number of amides is 1. The summed E-state index contributed by atoms with van der Waals surface area (Å²) in [4.78, 5) is 16.6. The van der Waals surface area contributed by atoms with Crippen LogP contribution in [0.15, 0.2) is 12.3 Å². The van der Waals surface area contributed by atoms with Gasteiger partial charge in [-0.25, -0.2) is 0 Å². The number of nitrogens with zero attached hydrogens (tertiary/aromatic N) is 4. The van der Waals surface area contributed by atoms with Gasteiger partial charge in [-0.2, -0.15) is 5.10 Å². The minimum absolute atomic E-state index is 0.0259. The summed E-state index contributed by atoms with van der Waals surface area (Å²) >= 11 is 0. The molecule has 2 aliphatic rings. The number of hydrogen-bond donors (Lipinski definition) is 0. The predicted octanol–water partition coefficient (Wildman–Crippen LogP) is -0.0348. The number of ether oxygens (including phenoxy) is 1. The molecule has 1 aromatic rings. The predicted molar refractivity (Wildman–Crippen MR) is 69.9 cm³/mol. The molecule has 2 aliphatic heterocycles. The van der Waals surface area contributed by atoms with Crippen molar-refractivity contribution in [2.75, 3.05) is 33.3 Å². The first-order chi connectivity index (χ1) is 9.15. The number of aromatic nitrogens is 2. The lowest BCUT2D eigenvalue weighted by Crippen LogP contribution is -2.59. The molecule has 0 saturated carbocycles. The molecule has 0 spiro atoms. The second-order valence-corrected chi connectivity index (χ2v) is 5.37. The normalized spacial score (nSPS) is 28.2. The number of fused-ring (bicyclic) bond motifs is 1. The van der Waals surface area contributed by atoms with Gasteiger partial charge in [0.05, 0.1) is 18.8 Å². The van der Waals surface area contributed by atoms with Gasteiger partial charge in [0.15, 0.2) is 0 Å². The van der Waals surface area contributed by atoms with E-state index in [2.05, 4.69) is 17.0 Å². The van der Waals surface area contributed by atoms with E-state index < -0.39 is 0 Å². The monoisotopic (exact) mass is 264 g/mol. The maximum absolute atomic E-state index is 12.4. The first-order valence-corrected chi connectivity index (χ1v) is 6.76. The number of carbonyl (C=O) groups is 1. The fraction of sp³-hybridized carbons (Fsp3) is 0.692. The standard InChI is InChI=1S/C13H20N4O2/c1-15-7-8-19-12-4-6-17(9-11(12)15)13(18)10-3-5-16(2)14-10/h3,5,11-12H,4,6-9H2,1-2H3/t11-,12+/m1/s1. The Labute approximate surface area is 112 Å². The molecule has 0 N–H and O–H groups in total. The van der Waals surface area contributed by atoms with Crippen LogP contribution in [0, 0.1) is 0 Å². The van der Waals surface area contributed by atoms with Gasteiger partial charge in [0.25, 0.3) is 5.91 Å². The van der Waals surface area contributed by atoms with Gasteiger partial charge < -0.3 is 9.64 Å². The molecule has 6 heteroatoms. The van der Waals surface area contributed by atoms with Crippen molar-refractivity contribution in [3.63, 3.8) is 0 Å². The van der Waals surface area contributed by atoms with Crippen LogP contribution in [0.5, 0.6) is 0 Å². The van der Waals surface area contributed by atoms with E-state index in [9.17, 15) is 4.79 Å². The summed E-state index contributed by atoms with van der Waals surface area (Å²) in [5.74, 6) is 0.0259. The summed E-state index contributed by atoms with van der Waals surface area (Å²) in [7, 11) is 3.93. The van der Waals surface area contributed by atoms with E-state index in [4.69, 9.17) is 4.74 Å². The highest BCUT2D eigenvalue weighted by atomic mass is 16.5. The zero-order valence-corrected chi connectivity index (χ0v) is 11.5. The van der Waals surface area contributed by atoms with Crippen molar-refractivity contribution in [3.05, 3.63) is 18.0 Å². The van der Waals surface area contributed by atoms with Crippen molar-refractivity contribution < 1.29 is 9.53 Å². The van der Waals surface area contributed by atoms with Gasteiger partial charge in [0.1, 0.15) is 5.69 Å². The van der Waals surface area contributed by atoms with E-state index in [0.717, 1.165) is 32.7 Å². The molecule has 0 aromatic carbocycles. The van der Waals surface area contributed by atoms with E-state index in [1.165, 1.54) is 0 Å². The fourth-order valence-electron chi connectivity index (χ4n) is 2.92. The number of aryl methyl sites for hydroxylation is 1. The highest BCUT2D eigenvalue weighted by molar-refractivity contribution is 5.92. The van der Waals surface area contributed by atoms with Crippen LogP contribution >= 0.6 is 0 Å². The Kier molecular flexibility index (Phi) is 3.28. The highest BCUT2D eigenvalue weighted by Crippen LogP contribution is 2.22. The Morgan fingerprint density at radius 1 is 1.42 bits per heavy atom. The van der Waals surface area contributed by atoms with Crippen LogP contribution in [0.1, 0.15) is 16.9 Å². The second-order valence-electron chi connectivity index (χ2n) is 5.37. The average molecular weight is 264 g/mol. The Hall–Kier alpha value is -1.40. The summed E-state index contributed by atoms with van der Waals surface area (Å²) in [5, 5.41) is 4.19. The van der Waals surface area contributed by atoms with Crippen molar-refractivity contribution in [2.45, 2.75) is 18.6 Å². The molecule has 3 heterocycles. The van der Waals surface area contributed by atoms with E-state index in [1.807, 2.05) is 11.9 Å². The lowest BCUT2D eigenvalue weighted by atomic mass is 9.99. The summed E-state index contributed by atoms with van der Waals surface area (Å²) < 4.78 is 7.45. The highest BCUT2D eigenvalue weighted by Gasteiger charge is 2.37. The van der Waals surface area contributed by atoms with Gasteiger partial charge in [0, 0.05) is 32.9 Å². The molecule has 104 valence electrons. The van der Waals surface area contributed by atoms with Crippen molar-refractivity contribution in [1.82, 2.24) is 19.6 Å². The topological polar surface area (TPSA) is 50.6 Å². The molecule has 3 rings (SSSR count). The molecule has 2 fully saturated rings. The van der Waals surface area contributed by atoms with Gasteiger partial charge in [-0.05, 0) is 19.5 Å². The number of rotatable bonds is 1. The first kappa shape index (κ1) is 12.6. The maximum atomic E-state index is 12.4. The Bertz CT molecular complexity index is 473. The average Bonchev–Trinajstić information content (AvgIpc) is 2.85. The van der Waals surface area contributed by atoms with Gasteiger partial charge in [-0.15, -0.1) is 0 Å². The van der Waals surface area contributed by atoms with Crippen LogP contribution in [-0.4, -0.2) is 70.9 Å². The molecule has 1 aromatic heterocycles. The third kappa shape index (κ3) is 2.37. The van der Waals surface area contributed by atoms with E-state index in [1.54, 1.807) is 16.9 Å². The number of carbonyl (C=O) groups excluding carboxylic acids is 1. The number of hydrogen-bond acceptors (Lipinski definition) is 4. The molecular weight excluding hydrogens is 244 g/mol. The smallest absolute Gasteiger partial charge is 0.274 e. The second kappa shape index (κ2) is 4.94. The zero-order chi connectivity index (χ0) is 13.4. The van der Waals surface area contributed by atoms with Crippen molar-refractivity contribution in [2.24, 2.45) is 7.05 Å². The van der Waals surface area contributed by atoms with Crippen LogP contribution in [0.2, 0.25) is 0 Å². The summed E-state index contributed by atoms with van der Waals surface area (Å²) in [6.45, 7) is 3.22. The minimum Gasteiger partial charge on any atom is -0.375 e. The number of likely N-dealkylation sites (tertiary alicyclic amines) is 1. The summed E-state index contributed by atoms with van der Waals surface area (Å²) in [6.07, 6.45) is 2.98. The van der Waals surface area contributed by atoms with E-state index in [-0.39, 0.29) is 12.0 Å². The van der Waals surface area contributed by atoms with Crippen LogP contribution < -0.4 is 0 Å². The van der Waals surface area contributed by atoms with Crippen molar-refractivity contribution in [3.8, 4) is 0 Å². The van der Waals surface area contributed by atoms with Crippen LogP contribution in [0.25, 0.3) is 0 Å². The zero-order valence-electron chi connectivity index (χ0n) is 11.5. The lowest BCUT2D eigenvalue weighted by molar-refractivity contribution is -0.0894. The minimum atomic E-state index is 0.0259. The van der Waals surface area contributed by atoms with Gasteiger partial charge >= 0.3 is 0 Å². The SMILES string of the molecule is CN1CCO[C@H]2CCN(C(=O)c3ccn(C)n3)C[C@H]21. The van der Waals surface area contributed by atoms with Crippen LogP contribution in [0.3, 0.4) is 0 Å². The summed E-state index contributed by atoms with van der Waals surface area (Å²) in [5.41, 5.74) is 0.528. The molecule has 1 amide bonds. The third-order valence-electron chi connectivity index (χ3n) is 4.08. The molecular formula is C13H20N4O2. The van der Waals surface area contributed by atoms with E-state index in [0.29, 0.717) is 11.7 Å². The van der Waals surface area contributed by atoms with Crippen molar-refractivity contribution in [1.29, 1.82) is 0 Å². The van der Waals surface area contributed by atoms with Gasteiger partial charge in [0.2, 0.25) is 0 Å². The molecule has 19 heavy (non-hydrogen) atoms.